The standard InChI is InChI=1S/C14H13ClN2O3/c1-9(13(18)17-11-5-3-2-4-6-11)20-14(19)12-7-10(15)8-16-12/h2-9,16H,1H3,(H,17,18). The molecule has 2 aromatic rings. The number of ether oxygens (including phenoxy) is 1. The first-order valence-electron chi connectivity index (χ1n) is 5.97. The Hall–Kier alpha value is -2.27. The van der Waals surface area contributed by atoms with Gasteiger partial charge < -0.3 is 15.0 Å². The Morgan fingerprint density at radius 3 is 2.60 bits per heavy atom. The van der Waals surface area contributed by atoms with Crippen LogP contribution in [0.1, 0.15) is 17.4 Å². The molecule has 5 nitrogen and oxygen atoms in total. The summed E-state index contributed by atoms with van der Waals surface area (Å²) in [6.07, 6.45) is 0.553. The SMILES string of the molecule is CC(OC(=O)c1cc(Cl)c[nH]1)C(=O)Nc1ccccc1. The van der Waals surface area contributed by atoms with Gasteiger partial charge in [-0.25, -0.2) is 4.79 Å². The van der Waals surface area contributed by atoms with Crippen LogP contribution in [0.4, 0.5) is 5.69 Å². The highest BCUT2D eigenvalue weighted by Crippen LogP contribution is 2.12. The molecule has 2 rings (SSSR count). The number of amides is 1. The minimum Gasteiger partial charge on any atom is -0.448 e. The topological polar surface area (TPSA) is 71.2 Å². The van der Waals surface area contributed by atoms with Crippen molar-refractivity contribution in [2.75, 3.05) is 5.32 Å². The number of hydrogen-bond donors (Lipinski definition) is 2. The first kappa shape index (κ1) is 14.1. The number of para-hydroxylation sites is 1. The number of H-pyrrole nitrogens is 1. The highest BCUT2D eigenvalue weighted by molar-refractivity contribution is 6.30. The highest BCUT2D eigenvalue weighted by Gasteiger charge is 2.19. The third-order valence-electron chi connectivity index (χ3n) is 2.56. The van der Waals surface area contributed by atoms with Crippen LogP contribution < -0.4 is 5.32 Å². The minimum atomic E-state index is -0.912. The molecule has 0 aliphatic heterocycles. The zero-order chi connectivity index (χ0) is 14.5. The third-order valence-corrected chi connectivity index (χ3v) is 2.78. The van der Waals surface area contributed by atoms with Crippen molar-refractivity contribution in [2.45, 2.75) is 13.0 Å². The van der Waals surface area contributed by atoms with Crippen LogP contribution in [0.2, 0.25) is 5.02 Å². The zero-order valence-corrected chi connectivity index (χ0v) is 11.5. The number of rotatable bonds is 4. The second-order valence-corrected chi connectivity index (χ2v) is 4.57. The van der Waals surface area contributed by atoms with Crippen molar-refractivity contribution in [1.29, 1.82) is 0 Å². The van der Waals surface area contributed by atoms with Crippen molar-refractivity contribution in [3.05, 3.63) is 53.3 Å². The maximum absolute atomic E-state index is 11.9. The number of halogens is 1. The van der Waals surface area contributed by atoms with Crippen LogP contribution in [-0.4, -0.2) is 23.0 Å². The van der Waals surface area contributed by atoms with Crippen LogP contribution in [0.3, 0.4) is 0 Å². The Morgan fingerprint density at radius 2 is 2.00 bits per heavy atom. The van der Waals surface area contributed by atoms with Gasteiger partial charge in [-0.3, -0.25) is 4.79 Å². The summed E-state index contributed by atoms with van der Waals surface area (Å²) in [6, 6.07) is 10.4. The van der Waals surface area contributed by atoms with E-state index in [1.54, 1.807) is 24.3 Å². The number of carbonyl (C=O) groups is 2. The van der Waals surface area contributed by atoms with Crippen LogP contribution in [0.5, 0.6) is 0 Å². The molecule has 1 unspecified atom stereocenters. The lowest BCUT2D eigenvalue weighted by Crippen LogP contribution is -2.30. The first-order valence-corrected chi connectivity index (χ1v) is 6.35. The Labute approximate surface area is 120 Å². The minimum absolute atomic E-state index is 0.203. The summed E-state index contributed by atoms with van der Waals surface area (Å²) in [7, 11) is 0. The smallest absolute Gasteiger partial charge is 0.355 e. The van der Waals surface area contributed by atoms with E-state index >= 15 is 0 Å². The van der Waals surface area contributed by atoms with Gasteiger partial charge >= 0.3 is 5.97 Å². The highest BCUT2D eigenvalue weighted by atomic mass is 35.5. The second-order valence-electron chi connectivity index (χ2n) is 4.13. The van der Waals surface area contributed by atoms with E-state index in [1.165, 1.54) is 19.2 Å². The largest absolute Gasteiger partial charge is 0.448 e. The van der Waals surface area contributed by atoms with E-state index in [1.807, 2.05) is 6.07 Å². The van der Waals surface area contributed by atoms with Crippen LogP contribution in [0.15, 0.2) is 42.6 Å². The lowest BCUT2D eigenvalue weighted by molar-refractivity contribution is -0.123. The van der Waals surface area contributed by atoms with E-state index in [9.17, 15) is 9.59 Å². The Balaban J connectivity index is 1.93. The van der Waals surface area contributed by atoms with Gasteiger partial charge in [-0.15, -0.1) is 0 Å². The molecule has 1 aromatic carbocycles. The fourth-order valence-corrected chi connectivity index (χ4v) is 1.69. The van der Waals surface area contributed by atoms with Crippen LogP contribution in [-0.2, 0) is 9.53 Å². The molecule has 1 heterocycles. The summed E-state index contributed by atoms with van der Waals surface area (Å²) in [5.41, 5.74) is 0.845. The number of esters is 1. The normalized spacial score (nSPS) is 11.7. The van der Waals surface area contributed by atoms with Crippen molar-refractivity contribution in [1.82, 2.24) is 4.98 Å². The van der Waals surface area contributed by atoms with E-state index < -0.39 is 18.0 Å². The number of nitrogens with one attached hydrogen (secondary N) is 2. The van der Waals surface area contributed by atoms with E-state index in [0.29, 0.717) is 10.7 Å². The number of aromatic amines is 1. The maximum Gasteiger partial charge on any atom is 0.355 e. The van der Waals surface area contributed by atoms with E-state index in [-0.39, 0.29) is 5.69 Å². The Bertz CT molecular complexity index is 610. The first-order chi connectivity index (χ1) is 9.56. The summed E-state index contributed by atoms with van der Waals surface area (Å²) >= 11 is 5.69. The van der Waals surface area contributed by atoms with Gasteiger partial charge in [0.05, 0.1) is 5.02 Å². The van der Waals surface area contributed by atoms with E-state index in [4.69, 9.17) is 16.3 Å². The molecule has 2 N–H and O–H groups in total. The van der Waals surface area contributed by atoms with Crippen molar-refractivity contribution in [3.63, 3.8) is 0 Å². The Morgan fingerprint density at radius 1 is 1.30 bits per heavy atom. The number of hydrogen-bond acceptors (Lipinski definition) is 3. The average molecular weight is 293 g/mol. The third kappa shape index (κ3) is 3.61. The van der Waals surface area contributed by atoms with Crippen molar-refractivity contribution >= 4 is 29.2 Å². The molecule has 0 radical (unpaired) electrons. The number of anilines is 1. The molecule has 0 spiro atoms. The predicted molar refractivity (Wildman–Crippen MR) is 75.8 cm³/mol. The van der Waals surface area contributed by atoms with Crippen molar-refractivity contribution in [2.24, 2.45) is 0 Å². The molecule has 1 aromatic heterocycles. The molecular weight excluding hydrogens is 280 g/mol. The fourth-order valence-electron chi connectivity index (χ4n) is 1.53. The number of aromatic nitrogens is 1. The van der Waals surface area contributed by atoms with Gasteiger partial charge in [0, 0.05) is 11.9 Å². The quantitative estimate of drug-likeness (QED) is 0.851. The van der Waals surface area contributed by atoms with Gasteiger partial charge in [-0.1, -0.05) is 29.8 Å². The average Bonchev–Trinajstić information content (AvgIpc) is 2.86. The van der Waals surface area contributed by atoms with Gasteiger partial charge in [-0.05, 0) is 25.1 Å². The molecule has 6 heteroatoms. The Kier molecular flexibility index (Phi) is 4.42. The predicted octanol–water partition coefficient (Wildman–Crippen LogP) is 2.85. The summed E-state index contributed by atoms with van der Waals surface area (Å²) < 4.78 is 5.04. The molecule has 0 bridgehead atoms. The molecule has 20 heavy (non-hydrogen) atoms. The number of carbonyl (C=O) groups excluding carboxylic acids is 2. The van der Waals surface area contributed by atoms with E-state index in [0.717, 1.165) is 0 Å². The molecule has 0 saturated carbocycles. The van der Waals surface area contributed by atoms with Crippen LogP contribution in [0, 0.1) is 0 Å². The van der Waals surface area contributed by atoms with Crippen LogP contribution in [0.25, 0.3) is 0 Å². The molecule has 0 fully saturated rings. The maximum atomic E-state index is 11.9. The summed E-state index contributed by atoms with van der Waals surface area (Å²) in [5.74, 6) is -1.03. The lowest BCUT2D eigenvalue weighted by atomic mass is 10.3. The van der Waals surface area contributed by atoms with Gasteiger partial charge in [0.15, 0.2) is 6.10 Å². The summed E-state index contributed by atoms with van der Waals surface area (Å²) in [6.45, 7) is 1.50. The second kappa shape index (κ2) is 6.25. The monoisotopic (exact) mass is 292 g/mol. The van der Waals surface area contributed by atoms with Crippen LogP contribution >= 0.6 is 11.6 Å². The van der Waals surface area contributed by atoms with Crippen molar-refractivity contribution < 1.29 is 14.3 Å². The van der Waals surface area contributed by atoms with Gasteiger partial charge in [0.1, 0.15) is 5.69 Å². The molecule has 104 valence electrons. The molecule has 1 atom stereocenters. The summed E-state index contributed by atoms with van der Waals surface area (Å²) in [4.78, 5) is 26.3. The van der Waals surface area contributed by atoms with Crippen molar-refractivity contribution in [3.8, 4) is 0 Å². The van der Waals surface area contributed by atoms with E-state index in [2.05, 4.69) is 10.3 Å². The molecule has 0 saturated heterocycles. The molecule has 1 amide bonds. The molecule has 0 aliphatic rings. The van der Waals surface area contributed by atoms with Gasteiger partial charge in [-0.2, -0.15) is 0 Å². The van der Waals surface area contributed by atoms with Gasteiger partial charge in [0.2, 0.25) is 0 Å². The summed E-state index contributed by atoms with van der Waals surface area (Å²) in [5, 5.41) is 3.05. The van der Waals surface area contributed by atoms with Gasteiger partial charge in [0.25, 0.3) is 5.91 Å². The number of benzene rings is 1. The fraction of sp³-hybridized carbons (Fsp3) is 0.143. The molecular formula is C14H13ClN2O3. The molecule has 0 aliphatic carbocycles. The zero-order valence-electron chi connectivity index (χ0n) is 10.7. The lowest BCUT2D eigenvalue weighted by Gasteiger charge is -2.12.